The van der Waals surface area contributed by atoms with Crippen LogP contribution in [0.4, 0.5) is 0 Å². The summed E-state index contributed by atoms with van der Waals surface area (Å²) in [7, 11) is -0.105. The van der Waals surface area contributed by atoms with E-state index in [0.717, 1.165) is 17.7 Å². The van der Waals surface area contributed by atoms with Gasteiger partial charge in [-0.1, -0.05) is 32.9 Å². The molecule has 0 unspecified atom stereocenters. The van der Waals surface area contributed by atoms with Crippen molar-refractivity contribution in [1.29, 1.82) is 0 Å². The van der Waals surface area contributed by atoms with Gasteiger partial charge in [0.2, 0.25) is 0 Å². The van der Waals surface area contributed by atoms with Crippen molar-refractivity contribution in [1.82, 2.24) is 0 Å². The van der Waals surface area contributed by atoms with Gasteiger partial charge in [0, 0.05) is 19.4 Å². The fourth-order valence-corrected chi connectivity index (χ4v) is 3.78. The van der Waals surface area contributed by atoms with E-state index >= 15 is 0 Å². The molecule has 1 aromatic carbocycles. The number of carbonyl (C=O) groups is 1. The number of hydrogen-bond donors (Lipinski definition) is 0. The molecule has 1 fully saturated rings. The first kappa shape index (κ1) is 20.1. The van der Waals surface area contributed by atoms with Crippen molar-refractivity contribution in [2.24, 2.45) is 0 Å². The lowest BCUT2D eigenvalue weighted by molar-refractivity contribution is -0.136. The summed E-state index contributed by atoms with van der Waals surface area (Å²) in [5.41, 5.74) is 1.03. The molecule has 0 bridgehead atoms. The van der Waals surface area contributed by atoms with E-state index in [2.05, 4.69) is 33.9 Å². The van der Waals surface area contributed by atoms with Crippen molar-refractivity contribution >= 4 is 14.1 Å². The monoisotopic (exact) mass is 364 g/mol. The predicted molar refractivity (Wildman–Crippen MR) is 103 cm³/mol. The molecule has 0 aliphatic carbocycles. The highest BCUT2D eigenvalue weighted by atomic mass is 28.4. The number of rotatable bonds is 6. The van der Waals surface area contributed by atoms with Crippen LogP contribution in [-0.4, -0.2) is 33.9 Å². The number of carbonyl (C=O) groups excluding carboxylic acids is 1. The van der Waals surface area contributed by atoms with Crippen LogP contribution in [0.15, 0.2) is 24.3 Å². The van der Waals surface area contributed by atoms with Gasteiger partial charge in [0.1, 0.15) is 11.5 Å². The van der Waals surface area contributed by atoms with Gasteiger partial charge in [-0.25, -0.2) is 0 Å². The Morgan fingerprint density at radius 2 is 1.80 bits per heavy atom. The molecule has 1 aromatic rings. The number of Topliss-reactive ketones (excluding diaryl/α,β-unsaturated/α-hetero) is 1. The second-order valence-electron chi connectivity index (χ2n) is 8.36. The Labute approximate surface area is 153 Å². The third-order valence-electron chi connectivity index (χ3n) is 5.42. The van der Waals surface area contributed by atoms with Gasteiger partial charge in [-0.3, -0.25) is 4.79 Å². The zero-order valence-corrected chi connectivity index (χ0v) is 17.4. The zero-order chi connectivity index (χ0) is 18.7. The van der Waals surface area contributed by atoms with Crippen molar-refractivity contribution in [2.45, 2.75) is 70.4 Å². The van der Waals surface area contributed by atoms with Crippen LogP contribution >= 0.6 is 0 Å². The van der Waals surface area contributed by atoms with E-state index in [1.54, 1.807) is 7.11 Å². The third-order valence-corrected chi connectivity index (χ3v) is 9.96. The maximum Gasteiger partial charge on any atom is 0.191 e. The summed E-state index contributed by atoms with van der Waals surface area (Å²) in [5, 5.41) is 0.196. The number of ether oxygens (including phenoxy) is 2. The van der Waals surface area contributed by atoms with Gasteiger partial charge in [-0.15, -0.1) is 0 Å². The quantitative estimate of drug-likeness (QED) is 0.674. The molecule has 1 aliphatic heterocycles. The normalized spacial score (nSPS) is 22.1. The van der Waals surface area contributed by atoms with Gasteiger partial charge < -0.3 is 13.9 Å². The molecular formula is C20H32O4Si. The SMILES string of the molecule is COc1ccc([C@H]2CC(=O)C[C@@H](CCO[Si](C)(C)C(C)(C)C)O2)cc1. The number of methoxy groups -OCH3 is 1. The van der Waals surface area contributed by atoms with Crippen LogP contribution < -0.4 is 4.74 Å². The van der Waals surface area contributed by atoms with E-state index in [0.29, 0.717) is 19.4 Å². The number of benzene rings is 1. The van der Waals surface area contributed by atoms with Crippen molar-refractivity contribution in [2.75, 3.05) is 13.7 Å². The van der Waals surface area contributed by atoms with Crippen molar-refractivity contribution in [3.05, 3.63) is 29.8 Å². The minimum absolute atomic E-state index is 0.0573. The molecule has 2 atom stereocenters. The van der Waals surface area contributed by atoms with Crippen LogP contribution in [0.1, 0.15) is 51.7 Å². The summed E-state index contributed by atoms with van der Waals surface area (Å²) in [6.07, 6.45) is 1.49. The summed E-state index contributed by atoms with van der Waals surface area (Å²) in [6, 6.07) is 7.78. The molecule has 0 radical (unpaired) electrons. The fourth-order valence-electron chi connectivity index (χ4n) is 2.72. The van der Waals surface area contributed by atoms with Crippen LogP contribution in [0.25, 0.3) is 0 Å². The number of hydrogen-bond acceptors (Lipinski definition) is 4. The molecule has 0 spiro atoms. The van der Waals surface area contributed by atoms with Crippen molar-refractivity contribution in [3.8, 4) is 5.75 Å². The molecule has 1 aliphatic rings. The molecule has 0 N–H and O–H groups in total. The minimum atomic E-state index is -1.75. The largest absolute Gasteiger partial charge is 0.497 e. The topological polar surface area (TPSA) is 44.8 Å². The van der Waals surface area contributed by atoms with Gasteiger partial charge in [0.05, 0.1) is 19.3 Å². The van der Waals surface area contributed by atoms with Crippen LogP contribution in [0.5, 0.6) is 5.75 Å². The van der Waals surface area contributed by atoms with Crippen LogP contribution in [0, 0.1) is 0 Å². The Hall–Kier alpha value is -1.17. The molecular weight excluding hydrogens is 332 g/mol. The summed E-state index contributed by atoms with van der Waals surface area (Å²) < 4.78 is 17.6. The Morgan fingerprint density at radius 1 is 1.16 bits per heavy atom. The van der Waals surface area contributed by atoms with E-state index < -0.39 is 8.32 Å². The lowest BCUT2D eigenvalue weighted by atomic mass is 9.96. The molecule has 2 rings (SSSR count). The zero-order valence-electron chi connectivity index (χ0n) is 16.4. The lowest BCUT2D eigenvalue weighted by Crippen LogP contribution is -2.41. The van der Waals surface area contributed by atoms with E-state index in [-0.39, 0.29) is 23.0 Å². The third kappa shape index (κ3) is 5.40. The highest BCUT2D eigenvalue weighted by Gasteiger charge is 2.37. The molecule has 0 aromatic heterocycles. The molecule has 4 nitrogen and oxygen atoms in total. The standard InChI is InChI=1S/C20H32O4Si/c1-20(2,3)25(5,6)23-12-11-18-13-16(21)14-19(24-18)15-7-9-17(22-4)10-8-15/h7-10,18-19H,11-14H2,1-6H3/t18-,19-/m1/s1. The predicted octanol–water partition coefficient (Wildman–Crippen LogP) is 4.90. The van der Waals surface area contributed by atoms with Gasteiger partial charge >= 0.3 is 0 Å². The van der Waals surface area contributed by atoms with E-state index in [4.69, 9.17) is 13.9 Å². The maximum atomic E-state index is 12.2. The number of ketones is 1. The van der Waals surface area contributed by atoms with Crippen LogP contribution in [-0.2, 0) is 14.0 Å². The van der Waals surface area contributed by atoms with Gasteiger partial charge in [0.25, 0.3) is 0 Å². The minimum Gasteiger partial charge on any atom is -0.497 e. The average molecular weight is 365 g/mol. The summed E-state index contributed by atoms with van der Waals surface area (Å²) in [5.74, 6) is 1.08. The second kappa shape index (κ2) is 8.02. The first-order chi connectivity index (χ1) is 11.6. The maximum absolute atomic E-state index is 12.2. The molecule has 1 heterocycles. The Morgan fingerprint density at radius 3 is 2.36 bits per heavy atom. The fraction of sp³-hybridized carbons (Fsp3) is 0.650. The molecule has 25 heavy (non-hydrogen) atoms. The van der Waals surface area contributed by atoms with E-state index in [1.165, 1.54) is 0 Å². The van der Waals surface area contributed by atoms with Crippen molar-refractivity contribution < 1.29 is 18.7 Å². The molecule has 0 saturated carbocycles. The summed E-state index contributed by atoms with van der Waals surface area (Å²) in [6.45, 7) is 11.9. The average Bonchev–Trinajstić information content (AvgIpc) is 2.53. The Balaban J connectivity index is 1.92. The first-order valence-corrected chi connectivity index (χ1v) is 12.0. The van der Waals surface area contributed by atoms with E-state index in [1.807, 2.05) is 24.3 Å². The molecule has 0 amide bonds. The van der Waals surface area contributed by atoms with Crippen molar-refractivity contribution in [3.63, 3.8) is 0 Å². The highest BCUT2D eigenvalue weighted by Crippen LogP contribution is 2.37. The Bertz CT molecular complexity index is 574. The van der Waals surface area contributed by atoms with Crippen LogP contribution in [0.2, 0.25) is 18.1 Å². The van der Waals surface area contributed by atoms with Gasteiger partial charge in [-0.2, -0.15) is 0 Å². The lowest BCUT2D eigenvalue weighted by Gasteiger charge is -2.37. The highest BCUT2D eigenvalue weighted by molar-refractivity contribution is 6.74. The molecule has 140 valence electrons. The van der Waals surface area contributed by atoms with Gasteiger partial charge in [0.15, 0.2) is 8.32 Å². The Kier molecular flexibility index (Phi) is 6.46. The van der Waals surface area contributed by atoms with Gasteiger partial charge in [-0.05, 0) is 42.2 Å². The van der Waals surface area contributed by atoms with E-state index in [9.17, 15) is 4.79 Å². The summed E-state index contributed by atoms with van der Waals surface area (Å²) in [4.78, 5) is 12.2. The summed E-state index contributed by atoms with van der Waals surface area (Å²) >= 11 is 0. The molecule has 5 heteroatoms. The van der Waals surface area contributed by atoms with Crippen LogP contribution in [0.3, 0.4) is 0 Å². The second-order valence-corrected chi connectivity index (χ2v) is 13.2. The smallest absolute Gasteiger partial charge is 0.191 e. The first-order valence-electron chi connectivity index (χ1n) is 9.07. The molecule has 1 saturated heterocycles.